The Morgan fingerprint density at radius 2 is 2.09 bits per heavy atom. The minimum atomic E-state index is -0.756. The van der Waals surface area contributed by atoms with E-state index in [4.69, 9.17) is 4.74 Å². The zero-order chi connectivity index (χ0) is 16.6. The molecule has 8 nitrogen and oxygen atoms in total. The number of aliphatic hydroxyl groups is 1. The van der Waals surface area contributed by atoms with E-state index in [2.05, 4.69) is 5.32 Å². The molecule has 8 heteroatoms. The predicted octanol–water partition coefficient (Wildman–Crippen LogP) is -1.61. The molecule has 0 bridgehead atoms. The van der Waals surface area contributed by atoms with Crippen molar-refractivity contribution in [3.63, 3.8) is 0 Å². The number of nitrogens with zero attached hydrogens (tertiary/aromatic N) is 1. The summed E-state index contributed by atoms with van der Waals surface area (Å²) in [7, 11) is 1.30. The molecule has 1 spiro atoms. The van der Waals surface area contributed by atoms with Crippen LogP contribution in [0.3, 0.4) is 0 Å². The van der Waals surface area contributed by atoms with E-state index in [0.29, 0.717) is 24.3 Å². The van der Waals surface area contributed by atoms with Crippen LogP contribution in [0, 0.1) is 0 Å². The topological polar surface area (TPSA) is 100 Å². The Hall–Kier alpha value is -1.67. The molecule has 128 valence electrons. The Labute approximate surface area is 134 Å². The molecular weight excluding hydrogens is 302 g/mol. The van der Waals surface area contributed by atoms with Gasteiger partial charge in [-0.25, -0.2) is 14.5 Å². The summed E-state index contributed by atoms with van der Waals surface area (Å²) in [4.78, 5) is 38.8. The number of quaternary nitrogens is 1. The van der Waals surface area contributed by atoms with Crippen LogP contribution in [0.25, 0.3) is 0 Å². The van der Waals surface area contributed by atoms with Gasteiger partial charge in [-0.2, -0.15) is 0 Å². The maximum Gasteiger partial charge on any atom is 0.364 e. The molecule has 0 radical (unpaired) electrons. The van der Waals surface area contributed by atoms with E-state index in [1.807, 2.05) is 0 Å². The number of hydrogen-bond donors (Lipinski definition) is 3. The van der Waals surface area contributed by atoms with Crippen LogP contribution >= 0.6 is 0 Å². The summed E-state index contributed by atoms with van der Waals surface area (Å²) in [5.41, 5.74) is -0.756. The van der Waals surface area contributed by atoms with Gasteiger partial charge in [0.15, 0.2) is 12.7 Å². The zero-order valence-corrected chi connectivity index (χ0v) is 13.3. The molecule has 3 N–H and O–H groups in total. The standard InChI is InChI=1S/C15H23N3O5/c1-23-12(20)11-7-10(19)8-17(11)9-18-13(21)15(16-14(18)22)5-3-2-4-6-15/h10-11,19H,2-9H2,1H3,(H,16,22)/p+1/t10-,11+/m1/s1. The first-order valence-corrected chi connectivity index (χ1v) is 8.21. The monoisotopic (exact) mass is 326 g/mol. The van der Waals surface area contributed by atoms with Crippen LogP contribution in [0.4, 0.5) is 4.79 Å². The Bertz CT molecular complexity index is 517. The van der Waals surface area contributed by atoms with Crippen molar-refractivity contribution < 1.29 is 29.1 Å². The normalized spacial score (nSPS) is 33.1. The molecule has 2 aliphatic heterocycles. The fourth-order valence-electron chi connectivity index (χ4n) is 4.06. The minimum absolute atomic E-state index is 0.0866. The number of carbonyl (C=O) groups excluding carboxylic acids is 3. The van der Waals surface area contributed by atoms with Crippen LogP contribution in [0.2, 0.25) is 0 Å². The predicted molar refractivity (Wildman–Crippen MR) is 78.3 cm³/mol. The highest BCUT2D eigenvalue weighted by molar-refractivity contribution is 6.06. The molecule has 2 heterocycles. The van der Waals surface area contributed by atoms with Crippen LogP contribution in [0.1, 0.15) is 38.5 Å². The molecule has 0 aromatic carbocycles. The van der Waals surface area contributed by atoms with Crippen LogP contribution in [-0.2, 0) is 14.3 Å². The Kier molecular flexibility index (Phi) is 4.29. The van der Waals surface area contributed by atoms with E-state index in [0.717, 1.165) is 19.3 Å². The van der Waals surface area contributed by atoms with Crippen LogP contribution in [0.5, 0.6) is 0 Å². The molecule has 3 atom stereocenters. The third-order valence-electron chi connectivity index (χ3n) is 5.30. The summed E-state index contributed by atoms with van der Waals surface area (Å²) in [6, 6.07) is -0.937. The average Bonchev–Trinajstić information content (AvgIpc) is 3.01. The average molecular weight is 326 g/mol. The van der Waals surface area contributed by atoms with E-state index in [-0.39, 0.29) is 19.0 Å². The summed E-state index contributed by atoms with van der Waals surface area (Å²) in [6.07, 6.45) is 3.95. The molecule has 23 heavy (non-hydrogen) atoms. The lowest BCUT2D eigenvalue weighted by molar-refractivity contribution is -0.912. The van der Waals surface area contributed by atoms with E-state index in [1.165, 1.54) is 12.0 Å². The number of methoxy groups -OCH3 is 1. The van der Waals surface area contributed by atoms with Crippen LogP contribution in [-0.4, -0.2) is 65.9 Å². The quantitative estimate of drug-likeness (QED) is 0.428. The third-order valence-corrected chi connectivity index (χ3v) is 5.30. The highest BCUT2D eigenvalue weighted by atomic mass is 16.5. The lowest BCUT2D eigenvalue weighted by atomic mass is 9.82. The van der Waals surface area contributed by atoms with Crippen molar-refractivity contribution in [2.24, 2.45) is 0 Å². The van der Waals surface area contributed by atoms with Crippen molar-refractivity contribution in [1.29, 1.82) is 0 Å². The number of nitrogens with one attached hydrogen (secondary N) is 2. The Morgan fingerprint density at radius 1 is 1.39 bits per heavy atom. The number of esters is 1. The van der Waals surface area contributed by atoms with Gasteiger partial charge < -0.3 is 20.1 Å². The van der Waals surface area contributed by atoms with Gasteiger partial charge in [-0.05, 0) is 12.8 Å². The summed E-state index contributed by atoms with van der Waals surface area (Å²) < 4.78 is 4.77. The zero-order valence-electron chi connectivity index (χ0n) is 13.3. The number of urea groups is 1. The van der Waals surface area contributed by atoms with E-state index in [9.17, 15) is 19.5 Å². The number of likely N-dealkylation sites (tertiary alicyclic amines) is 1. The highest BCUT2D eigenvalue weighted by Crippen LogP contribution is 2.33. The Morgan fingerprint density at radius 3 is 2.74 bits per heavy atom. The van der Waals surface area contributed by atoms with Gasteiger partial charge in [0, 0.05) is 6.42 Å². The van der Waals surface area contributed by atoms with Crippen molar-refractivity contribution >= 4 is 17.9 Å². The van der Waals surface area contributed by atoms with Gasteiger partial charge in [-0.15, -0.1) is 0 Å². The number of carbonyl (C=O) groups is 3. The van der Waals surface area contributed by atoms with Crippen molar-refractivity contribution in [3.8, 4) is 0 Å². The number of rotatable bonds is 3. The molecule has 0 aromatic heterocycles. The SMILES string of the molecule is COC(=O)[C@@H]1C[C@@H](O)C[NH+]1CN1C(=O)NC2(CCCCC2)C1=O. The van der Waals surface area contributed by atoms with Gasteiger partial charge >= 0.3 is 12.0 Å². The molecule has 3 rings (SSSR count). The number of aliphatic hydroxyl groups excluding tert-OH is 1. The maximum absolute atomic E-state index is 12.8. The maximum atomic E-state index is 12.8. The molecule has 3 fully saturated rings. The molecule has 3 aliphatic rings. The Balaban J connectivity index is 1.73. The fourth-order valence-corrected chi connectivity index (χ4v) is 4.06. The van der Waals surface area contributed by atoms with Crippen LogP contribution < -0.4 is 10.2 Å². The number of hydrogen-bond acceptors (Lipinski definition) is 5. The summed E-state index contributed by atoms with van der Waals surface area (Å²) in [5, 5.41) is 12.7. The molecular formula is C15H24N3O5+. The van der Waals surface area contributed by atoms with E-state index >= 15 is 0 Å². The summed E-state index contributed by atoms with van der Waals surface area (Å²) in [6.45, 7) is 0.410. The number of ether oxygens (including phenoxy) is 1. The lowest BCUT2D eigenvalue weighted by Crippen LogP contribution is -3.16. The first-order valence-electron chi connectivity index (χ1n) is 8.21. The molecule has 1 unspecified atom stereocenters. The van der Waals surface area contributed by atoms with Crippen molar-refractivity contribution in [2.75, 3.05) is 20.3 Å². The molecule has 1 aliphatic carbocycles. The van der Waals surface area contributed by atoms with Crippen molar-refractivity contribution in [3.05, 3.63) is 0 Å². The smallest absolute Gasteiger partial charge is 0.364 e. The number of amides is 3. The van der Waals surface area contributed by atoms with Crippen molar-refractivity contribution in [2.45, 2.75) is 56.2 Å². The lowest BCUT2D eigenvalue weighted by Gasteiger charge is -2.30. The fraction of sp³-hybridized carbons (Fsp3) is 0.800. The van der Waals surface area contributed by atoms with Gasteiger partial charge in [-0.1, -0.05) is 19.3 Å². The second-order valence-corrected chi connectivity index (χ2v) is 6.79. The highest BCUT2D eigenvalue weighted by Gasteiger charge is 2.53. The van der Waals surface area contributed by atoms with E-state index < -0.39 is 29.7 Å². The molecule has 3 amide bonds. The van der Waals surface area contributed by atoms with E-state index in [1.54, 1.807) is 0 Å². The van der Waals surface area contributed by atoms with Gasteiger partial charge in [0.1, 0.15) is 18.2 Å². The van der Waals surface area contributed by atoms with Gasteiger partial charge in [0.05, 0.1) is 7.11 Å². The third kappa shape index (κ3) is 2.81. The van der Waals surface area contributed by atoms with Gasteiger partial charge in [0.25, 0.3) is 5.91 Å². The number of imide groups is 1. The first kappa shape index (κ1) is 16.2. The second-order valence-electron chi connectivity index (χ2n) is 6.79. The summed E-state index contributed by atoms with van der Waals surface area (Å²) >= 11 is 0. The van der Waals surface area contributed by atoms with Gasteiger partial charge in [-0.3, -0.25) is 4.79 Å². The summed E-state index contributed by atoms with van der Waals surface area (Å²) in [5.74, 6) is -0.615. The van der Waals surface area contributed by atoms with Gasteiger partial charge in [0.2, 0.25) is 0 Å². The molecule has 1 saturated carbocycles. The molecule has 2 saturated heterocycles. The second kappa shape index (κ2) is 6.09. The molecule has 0 aromatic rings. The van der Waals surface area contributed by atoms with Crippen molar-refractivity contribution in [1.82, 2.24) is 10.2 Å². The minimum Gasteiger partial charge on any atom is -0.465 e. The largest absolute Gasteiger partial charge is 0.465 e. The first-order chi connectivity index (χ1) is 11.0. The van der Waals surface area contributed by atoms with Crippen LogP contribution in [0.15, 0.2) is 0 Å².